The number of thiophene rings is 1. The average molecular weight is 365 g/mol. The van der Waals surface area contributed by atoms with E-state index in [1.807, 2.05) is 36.4 Å². The van der Waals surface area contributed by atoms with E-state index in [1.165, 1.54) is 11.3 Å². The summed E-state index contributed by atoms with van der Waals surface area (Å²) < 4.78 is 10.8. The molecule has 6 nitrogen and oxygen atoms in total. The molecule has 130 valence electrons. The van der Waals surface area contributed by atoms with Crippen LogP contribution in [0.1, 0.15) is 9.67 Å². The van der Waals surface area contributed by atoms with Crippen molar-refractivity contribution in [3.8, 4) is 28.3 Å². The Morgan fingerprint density at radius 3 is 2.62 bits per heavy atom. The second-order valence-electron chi connectivity index (χ2n) is 5.65. The van der Waals surface area contributed by atoms with Gasteiger partial charge in [0.2, 0.25) is 0 Å². The molecule has 0 unspecified atom stereocenters. The number of aromatic nitrogens is 1. The van der Waals surface area contributed by atoms with Gasteiger partial charge in [0, 0.05) is 16.5 Å². The number of ether oxygens (including phenoxy) is 1. The Hall–Kier alpha value is -3.32. The van der Waals surface area contributed by atoms with Gasteiger partial charge in [-0.05, 0) is 42.5 Å². The van der Waals surface area contributed by atoms with Crippen LogP contribution in [0.2, 0.25) is 0 Å². The highest BCUT2D eigenvalue weighted by Crippen LogP contribution is 2.41. The predicted molar refractivity (Wildman–Crippen MR) is 102 cm³/mol. The molecule has 0 fully saturated rings. The van der Waals surface area contributed by atoms with Crippen LogP contribution in [0, 0.1) is 0 Å². The first-order chi connectivity index (χ1) is 12.6. The number of rotatable bonds is 4. The highest BCUT2D eigenvalue weighted by atomic mass is 32.1. The Kier molecular flexibility index (Phi) is 3.85. The molecule has 4 N–H and O–H groups in total. The van der Waals surface area contributed by atoms with Crippen molar-refractivity contribution in [3.63, 3.8) is 0 Å². The van der Waals surface area contributed by atoms with Crippen LogP contribution >= 0.6 is 11.3 Å². The maximum Gasteiger partial charge on any atom is 0.260 e. The summed E-state index contributed by atoms with van der Waals surface area (Å²) in [5.74, 6) is 0.840. The van der Waals surface area contributed by atoms with Crippen LogP contribution < -0.4 is 16.2 Å². The third kappa shape index (κ3) is 2.58. The number of nitrogens with zero attached hydrogens (tertiary/aromatic N) is 1. The molecular formula is C19H15N3O3S. The van der Waals surface area contributed by atoms with Crippen molar-refractivity contribution in [1.29, 1.82) is 0 Å². The Labute approximate surface area is 153 Å². The minimum Gasteiger partial charge on any atom is -0.497 e. The minimum atomic E-state index is -0.568. The number of anilines is 1. The first-order valence-corrected chi connectivity index (χ1v) is 8.61. The SMILES string of the molecule is COc1ccc(-c2cc(-c3ccco3)c3c(N)c(C(N)=O)sc3n2)cc1. The van der Waals surface area contributed by atoms with Crippen molar-refractivity contribution in [1.82, 2.24) is 4.98 Å². The van der Waals surface area contributed by atoms with Gasteiger partial charge in [0.05, 0.1) is 24.8 Å². The van der Waals surface area contributed by atoms with E-state index in [-0.39, 0.29) is 0 Å². The van der Waals surface area contributed by atoms with E-state index in [2.05, 4.69) is 4.98 Å². The summed E-state index contributed by atoms with van der Waals surface area (Å²) in [6.45, 7) is 0. The molecule has 0 atom stereocenters. The third-order valence-corrected chi connectivity index (χ3v) is 5.21. The maximum atomic E-state index is 11.7. The number of fused-ring (bicyclic) bond motifs is 1. The number of hydrogen-bond donors (Lipinski definition) is 2. The van der Waals surface area contributed by atoms with Gasteiger partial charge in [0.15, 0.2) is 0 Å². The molecule has 0 saturated carbocycles. The number of methoxy groups -OCH3 is 1. The molecule has 1 amide bonds. The van der Waals surface area contributed by atoms with Crippen LogP contribution in [-0.4, -0.2) is 18.0 Å². The van der Waals surface area contributed by atoms with Crippen LogP contribution in [0.25, 0.3) is 32.8 Å². The first-order valence-electron chi connectivity index (χ1n) is 7.79. The zero-order valence-electron chi connectivity index (χ0n) is 13.9. The molecule has 0 spiro atoms. The summed E-state index contributed by atoms with van der Waals surface area (Å²) >= 11 is 1.18. The number of pyridine rings is 1. The van der Waals surface area contributed by atoms with E-state index < -0.39 is 5.91 Å². The van der Waals surface area contributed by atoms with Crippen LogP contribution in [0.5, 0.6) is 5.75 Å². The first kappa shape index (κ1) is 16.2. The van der Waals surface area contributed by atoms with Gasteiger partial charge in [0.25, 0.3) is 5.91 Å². The summed E-state index contributed by atoms with van der Waals surface area (Å²) in [4.78, 5) is 17.3. The Morgan fingerprint density at radius 2 is 2.00 bits per heavy atom. The minimum absolute atomic E-state index is 0.298. The number of nitrogens with two attached hydrogens (primary N) is 2. The van der Waals surface area contributed by atoms with Crippen molar-refractivity contribution in [2.45, 2.75) is 0 Å². The monoisotopic (exact) mass is 365 g/mol. The summed E-state index contributed by atoms with van der Waals surface area (Å²) in [6, 6.07) is 13.1. The molecule has 4 rings (SSSR count). The lowest BCUT2D eigenvalue weighted by molar-refractivity contribution is 0.100. The zero-order valence-corrected chi connectivity index (χ0v) is 14.7. The van der Waals surface area contributed by atoms with E-state index in [9.17, 15) is 4.79 Å². The Bertz CT molecular complexity index is 1100. The van der Waals surface area contributed by atoms with Crippen molar-refractivity contribution >= 4 is 33.1 Å². The molecule has 0 aliphatic rings. The molecule has 0 bridgehead atoms. The molecule has 0 aliphatic heterocycles. The van der Waals surface area contributed by atoms with Gasteiger partial charge >= 0.3 is 0 Å². The van der Waals surface area contributed by atoms with Crippen LogP contribution in [0.15, 0.2) is 53.1 Å². The molecule has 0 radical (unpaired) electrons. The van der Waals surface area contributed by atoms with Gasteiger partial charge < -0.3 is 20.6 Å². The fourth-order valence-corrected chi connectivity index (χ4v) is 3.81. The Balaban J connectivity index is 1.99. The van der Waals surface area contributed by atoms with Crippen molar-refractivity contribution in [2.75, 3.05) is 12.8 Å². The molecule has 7 heteroatoms. The molecule has 26 heavy (non-hydrogen) atoms. The molecule has 3 aromatic heterocycles. The number of amides is 1. The van der Waals surface area contributed by atoms with E-state index in [0.29, 0.717) is 26.5 Å². The highest BCUT2D eigenvalue weighted by molar-refractivity contribution is 7.21. The van der Waals surface area contributed by atoms with Crippen molar-refractivity contribution in [2.24, 2.45) is 5.73 Å². The number of furan rings is 1. The molecule has 1 aromatic carbocycles. The van der Waals surface area contributed by atoms with Gasteiger partial charge in [-0.3, -0.25) is 4.79 Å². The molecule has 0 saturated heterocycles. The van der Waals surface area contributed by atoms with Gasteiger partial charge in [-0.2, -0.15) is 0 Å². The van der Waals surface area contributed by atoms with Crippen molar-refractivity contribution < 1.29 is 13.9 Å². The average Bonchev–Trinajstić information content (AvgIpc) is 3.29. The largest absolute Gasteiger partial charge is 0.497 e. The molecule has 4 aromatic rings. The third-order valence-electron chi connectivity index (χ3n) is 4.10. The number of carbonyl (C=O) groups is 1. The second-order valence-corrected chi connectivity index (χ2v) is 6.65. The van der Waals surface area contributed by atoms with E-state index >= 15 is 0 Å². The molecule has 0 aliphatic carbocycles. The standard InChI is InChI=1S/C19H15N3O3S/c1-24-11-6-4-10(5-7-11)13-9-12(14-3-2-8-25-14)15-16(20)17(18(21)23)26-19(15)22-13/h2-9H,20H2,1H3,(H2,21,23). The lowest BCUT2D eigenvalue weighted by atomic mass is 10.0. The summed E-state index contributed by atoms with van der Waals surface area (Å²) in [7, 11) is 1.62. The molecular weight excluding hydrogens is 350 g/mol. The number of benzene rings is 1. The normalized spacial score (nSPS) is 11.0. The smallest absolute Gasteiger partial charge is 0.260 e. The number of hydrogen-bond acceptors (Lipinski definition) is 6. The van der Waals surface area contributed by atoms with Crippen LogP contribution in [0.3, 0.4) is 0 Å². The van der Waals surface area contributed by atoms with Gasteiger partial charge in [-0.15, -0.1) is 11.3 Å². The van der Waals surface area contributed by atoms with Gasteiger partial charge in [0.1, 0.15) is 21.2 Å². The maximum absolute atomic E-state index is 11.7. The quantitative estimate of drug-likeness (QED) is 0.570. The fraction of sp³-hybridized carbons (Fsp3) is 0.0526. The fourth-order valence-electron chi connectivity index (χ4n) is 2.84. The van der Waals surface area contributed by atoms with Crippen LogP contribution in [0.4, 0.5) is 5.69 Å². The lowest BCUT2D eigenvalue weighted by Crippen LogP contribution is -2.10. The van der Waals surface area contributed by atoms with E-state index in [4.69, 9.17) is 20.6 Å². The van der Waals surface area contributed by atoms with E-state index in [1.54, 1.807) is 19.4 Å². The summed E-state index contributed by atoms with van der Waals surface area (Å²) in [5.41, 5.74) is 14.4. The zero-order chi connectivity index (χ0) is 18.3. The summed E-state index contributed by atoms with van der Waals surface area (Å²) in [6.07, 6.45) is 1.59. The lowest BCUT2D eigenvalue weighted by Gasteiger charge is -2.07. The van der Waals surface area contributed by atoms with Gasteiger partial charge in [-0.1, -0.05) is 0 Å². The molecule has 3 heterocycles. The van der Waals surface area contributed by atoms with Crippen LogP contribution in [-0.2, 0) is 0 Å². The number of primary amides is 1. The van der Waals surface area contributed by atoms with E-state index in [0.717, 1.165) is 22.6 Å². The highest BCUT2D eigenvalue weighted by Gasteiger charge is 2.21. The summed E-state index contributed by atoms with van der Waals surface area (Å²) in [5, 5.41) is 0.677. The van der Waals surface area contributed by atoms with Crippen molar-refractivity contribution in [3.05, 3.63) is 53.6 Å². The number of carbonyl (C=O) groups excluding carboxylic acids is 1. The second kappa shape index (κ2) is 6.20. The Morgan fingerprint density at radius 1 is 1.23 bits per heavy atom. The number of nitrogen functional groups attached to an aromatic ring is 1. The predicted octanol–water partition coefficient (Wildman–Crippen LogP) is 3.91. The topological polar surface area (TPSA) is 104 Å². The van der Waals surface area contributed by atoms with Gasteiger partial charge in [-0.25, -0.2) is 4.98 Å².